The van der Waals surface area contributed by atoms with Crippen molar-refractivity contribution in [3.05, 3.63) is 29.8 Å². The number of carbonyl (C=O) groups excluding carboxylic acids is 1. The second-order valence-electron chi connectivity index (χ2n) is 4.38. The number of aliphatic hydroxyl groups is 1. The quantitative estimate of drug-likeness (QED) is 0.861. The number of rotatable bonds is 2. The molecule has 1 fully saturated rings. The topological polar surface area (TPSA) is 58.6 Å². The lowest BCUT2D eigenvalue weighted by molar-refractivity contribution is -0.266. The molecule has 2 atom stereocenters. The molecule has 1 saturated heterocycles. The van der Waals surface area contributed by atoms with Crippen LogP contribution in [0.25, 0.3) is 0 Å². The zero-order valence-corrected chi connectivity index (χ0v) is 9.99. The first-order valence-corrected chi connectivity index (χ1v) is 5.52. The third-order valence-corrected chi connectivity index (χ3v) is 3.11. The Hall–Kier alpha value is -1.76. The second-order valence-corrected chi connectivity index (χ2v) is 4.38. The zero-order chi connectivity index (χ0) is 14.3. The summed E-state index contributed by atoms with van der Waals surface area (Å²) in [5.41, 5.74) is -2.80. The molecule has 0 spiro atoms. The number of ether oxygens (including phenoxy) is 1. The molecule has 1 heterocycles. The standard InChI is InChI=1S/C12H12F3NO3/c1-19-8-4-2-3-7(5-8)9-6-11(18,12(13,14)15)16-10(9)17/h2-5,9,18H,6H2,1H3,(H,16,17)/t9-,11+/m0/s1. The van der Waals surface area contributed by atoms with E-state index in [0.29, 0.717) is 11.3 Å². The van der Waals surface area contributed by atoms with E-state index in [4.69, 9.17) is 4.74 Å². The van der Waals surface area contributed by atoms with Crippen LogP contribution in [-0.2, 0) is 4.79 Å². The average molecular weight is 275 g/mol. The van der Waals surface area contributed by atoms with Gasteiger partial charge in [0.2, 0.25) is 11.6 Å². The maximum absolute atomic E-state index is 12.7. The molecule has 19 heavy (non-hydrogen) atoms. The molecular formula is C12H12F3NO3. The van der Waals surface area contributed by atoms with Gasteiger partial charge in [0, 0.05) is 6.42 Å². The van der Waals surface area contributed by atoms with Crippen molar-refractivity contribution in [1.82, 2.24) is 5.32 Å². The Kier molecular flexibility index (Phi) is 3.17. The molecule has 7 heteroatoms. The van der Waals surface area contributed by atoms with Gasteiger partial charge in [0.1, 0.15) is 5.75 Å². The number of benzene rings is 1. The van der Waals surface area contributed by atoms with Crippen LogP contribution in [0.3, 0.4) is 0 Å². The summed E-state index contributed by atoms with van der Waals surface area (Å²) in [7, 11) is 1.42. The van der Waals surface area contributed by atoms with Gasteiger partial charge in [0.25, 0.3) is 0 Å². The fraction of sp³-hybridized carbons (Fsp3) is 0.417. The maximum Gasteiger partial charge on any atom is 0.436 e. The SMILES string of the molecule is COc1cccc([C@@H]2C[C@@](O)(C(F)(F)F)NC2=O)c1. The molecule has 0 radical (unpaired) electrons. The maximum atomic E-state index is 12.7. The molecule has 0 saturated carbocycles. The Labute approximate surface area is 107 Å². The zero-order valence-electron chi connectivity index (χ0n) is 9.99. The highest BCUT2D eigenvalue weighted by atomic mass is 19.4. The number of carbonyl (C=O) groups is 1. The van der Waals surface area contributed by atoms with Crippen molar-refractivity contribution in [3.8, 4) is 5.75 Å². The van der Waals surface area contributed by atoms with E-state index in [2.05, 4.69) is 0 Å². The molecule has 4 nitrogen and oxygen atoms in total. The third-order valence-electron chi connectivity index (χ3n) is 3.11. The molecule has 2 N–H and O–H groups in total. The van der Waals surface area contributed by atoms with Gasteiger partial charge in [-0.3, -0.25) is 4.79 Å². The van der Waals surface area contributed by atoms with Gasteiger partial charge in [-0.1, -0.05) is 12.1 Å². The van der Waals surface area contributed by atoms with Gasteiger partial charge in [0.15, 0.2) is 0 Å². The van der Waals surface area contributed by atoms with Crippen molar-refractivity contribution in [2.24, 2.45) is 0 Å². The predicted octanol–water partition coefficient (Wildman–Crippen LogP) is 1.55. The van der Waals surface area contributed by atoms with Crippen LogP contribution in [0.1, 0.15) is 17.9 Å². The summed E-state index contributed by atoms with van der Waals surface area (Å²) in [6.45, 7) is 0. The average Bonchev–Trinajstić information content (AvgIpc) is 2.66. The number of methoxy groups -OCH3 is 1. The minimum Gasteiger partial charge on any atom is -0.497 e. The fourth-order valence-corrected chi connectivity index (χ4v) is 2.04. The first kappa shape index (κ1) is 13.7. The molecule has 0 aromatic heterocycles. The molecule has 1 aromatic carbocycles. The van der Waals surface area contributed by atoms with E-state index in [9.17, 15) is 23.1 Å². The molecule has 1 aliphatic heterocycles. The van der Waals surface area contributed by atoms with Crippen molar-refractivity contribution in [1.29, 1.82) is 0 Å². The molecule has 0 unspecified atom stereocenters. The summed E-state index contributed by atoms with van der Waals surface area (Å²) >= 11 is 0. The first-order chi connectivity index (χ1) is 8.77. The molecule has 1 aromatic rings. The number of halogens is 3. The highest BCUT2D eigenvalue weighted by Crippen LogP contribution is 2.41. The van der Waals surface area contributed by atoms with E-state index >= 15 is 0 Å². The van der Waals surface area contributed by atoms with Crippen molar-refractivity contribution >= 4 is 5.91 Å². The number of alkyl halides is 3. The summed E-state index contributed by atoms with van der Waals surface area (Å²) in [4.78, 5) is 11.6. The van der Waals surface area contributed by atoms with Crippen molar-refractivity contribution < 1.29 is 27.8 Å². The largest absolute Gasteiger partial charge is 0.497 e. The summed E-state index contributed by atoms with van der Waals surface area (Å²) < 4.78 is 42.9. The van der Waals surface area contributed by atoms with E-state index in [1.165, 1.54) is 19.2 Å². The van der Waals surface area contributed by atoms with Crippen molar-refractivity contribution in [2.75, 3.05) is 7.11 Å². The van der Waals surface area contributed by atoms with Gasteiger partial charge >= 0.3 is 6.18 Å². The number of nitrogens with one attached hydrogen (secondary N) is 1. The Morgan fingerprint density at radius 1 is 1.47 bits per heavy atom. The Morgan fingerprint density at radius 2 is 2.16 bits per heavy atom. The van der Waals surface area contributed by atoms with Crippen LogP contribution in [0.4, 0.5) is 13.2 Å². The second kappa shape index (κ2) is 4.41. The van der Waals surface area contributed by atoms with Crippen molar-refractivity contribution in [3.63, 3.8) is 0 Å². The summed E-state index contributed by atoms with van der Waals surface area (Å²) in [6, 6.07) is 6.19. The summed E-state index contributed by atoms with van der Waals surface area (Å²) in [6.07, 6.45) is -5.65. The monoisotopic (exact) mass is 275 g/mol. The molecule has 0 bridgehead atoms. The van der Waals surface area contributed by atoms with Crippen LogP contribution in [0.5, 0.6) is 5.75 Å². The van der Waals surface area contributed by atoms with Crippen LogP contribution < -0.4 is 10.1 Å². The van der Waals surface area contributed by atoms with E-state index in [0.717, 1.165) is 0 Å². The molecule has 104 valence electrons. The third kappa shape index (κ3) is 2.37. The van der Waals surface area contributed by atoms with Crippen LogP contribution >= 0.6 is 0 Å². The van der Waals surface area contributed by atoms with Crippen LogP contribution in [0.2, 0.25) is 0 Å². The van der Waals surface area contributed by atoms with E-state index in [-0.39, 0.29) is 0 Å². The Morgan fingerprint density at radius 3 is 2.68 bits per heavy atom. The highest BCUT2D eigenvalue weighted by Gasteiger charge is 2.60. The summed E-state index contributed by atoms with van der Waals surface area (Å²) in [5, 5.41) is 11.1. The smallest absolute Gasteiger partial charge is 0.436 e. The number of hydrogen-bond donors (Lipinski definition) is 2. The first-order valence-electron chi connectivity index (χ1n) is 5.52. The minimum absolute atomic E-state index is 0.372. The van der Waals surface area contributed by atoms with Gasteiger partial charge in [-0.15, -0.1) is 0 Å². The fourth-order valence-electron chi connectivity index (χ4n) is 2.04. The normalized spacial score (nSPS) is 27.2. The van der Waals surface area contributed by atoms with Gasteiger partial charge in [-0.2, -0.15) is 13.2 Å². The van der Waals surface area contributed by atoms with Crippen molar-refractivity contribution in [2.45, 2.75) is 24.2 Å². The van der Waals surface area contributed by atoms with E-state index in [1.807, 2.05) is 0 Å². The molecule has 1 aliphatic rings. The van der Waals surface area contributed by atoms with Gasteiger partial charge in [-0.25, -0.2) is 0 Å². The lowest BCUT2D eigenvalue weighted by Crippen LogP contribution is -2.53. The molecule has 1 amide bonds. The van der Waals surface area contributed by atoms with Gasteiger partial charge < -0.3 is 15.2 Å². The lowest BCUT2D eigenvalue weighted by Gasteiger charge is -2.25. The Bertz CT molecular complexity index is 503. The van der Waals surface area contributed by atoms with E-state index in [1.54, 1.807) is 17.4 Å². The lowest BCUT2D eigenvalue weighted by atomic mass is 9.94. The van der Waals surface area contributed by atoms with E-state index < -0.39 is 30.1 Å². The molecule has 2 rings (SSSR count). The predicted molar refractivity (Wildman–Crippen MR) is 59.5 cm³/mol. The number of amides is 1. The minimum atomic E-state index is -4.91. The van der Waals surface area contributed by atoms with Gasteiger partial charge in [0.05, 0.1) is 13.0 Å². The van der Waals surface area contributed by atoms with Crippen LogP contribution in [-0.4, -0.2) is 30.0 Å². The highest BCUT2D eigenvalue weighted by molar-refractivity contribution is 5.87. The summed E-state index contributed by atoms with van der Waals surface area (Å²) in [5.74, 6) is -1.47. The Balaban J connectivity index is 2.30. The molecular weight excluding hydrogens is 263 g/mol. The van der Waals surface area contributed by atoms with Gasteiger partial charge in [-0.05, 0) is 17.7 Å². The number of hydrogen-bond acceptors (Lipinski definition) is 3. The van der Waals surface area contributed by atoms with Crippen LogP contribution in [0.15, 0.2) is 24.3 Å². The molecule has 0 aliphatic carbocycles. The van der Waals surface area contributed by atoms with Crippen LogP contribution in [0, 0.1) is 0 Å².